The second-order valence-electron chi connectivity index (χ2n) is 10.1. The van der Waals surface area contributed by atoms with Crippen LogP contribution in [0.5, 0.6) is 11.5 Å². The highest BCUT2D eigenvalue weighted by molar-refractivity contribution is 6.36. The van der Waals surface area contributed by atoms with E-state index in [9.17, 15) is 14.4 Å². The number of hydrogen-bond donors (Lipinski definition) is 2. The molecule has 4 aromatic rings. The van der Waals surface area contributed by atoms with Crippen LogP contribution in [0, 0.1) is 0 Å². The summed E-state index contributed by atoms with van der Waals surface area (Å²) < 4.78 is 12.7. The molecule has 44 heavy (non-hydrogen) atoms. The van der Waals surface area contributed by atoms with Crippen LogP contribution in [0.1, 0.15) is 60.4 Å². The fourth-order valence-electron chi connectivity index (χ4n) is 4.58. The maximum Gasteiger partial charge on any atom is 0.337 e. The summed E-state index contributed by atoms with van der Waals surface area (Å²) >= 11 is 12.6. The molecule has 1 heterocycles. The zero-order valence-electron chi connectivity index (χ0n) is 24.4. The van der Waals surface area contributed by atoms with Gasteiger partial charge in [0.25, 0.3) is 0 Å². The molecule has 1 aromatic heterocycles. The topological polar surface area (TPSA) is 120 Å². The van der Waals surface area contributed by atoms with E-state index in [0.717, 1.165) is 18.4 Å². The van der Waals surface area contributed by atoms with Crippen molar-refractivity contribution in [2.45, 2.75) is 51.6 Å². The highest BCUT2D eigenvalue weighted by Crippen LogP contribution is 2.32. The number of rotatable bonds is 14. The number of nitrogens with zero attached hydrogens (tertiary/aromatic N) is 2. The van der Waals surface area contributed by atoms with Crippen LogP contribution < -0.4 is 10.1 Å². The van der Waals surface area contributed by atoms with Crippen LogP contribution >= 0.6 is 23.2 Å². The summed E-state index contributed by atoms with van der Waals surface area (Å²) in [5.74, 6) is -0.0790. The molecule has 0 saturated carbocycles. The molecule has 0 aliphatic carbocycles. The van der Waals surface area contributed by atoms with Gasteiger partial charge in [0.2, 0.25) is 5.91 Å². The maximum absolute atomic E-state index is 12.9. The summed E-state index contributed by atoms with van der Waals surface area (Å²) in [4.78, 5) is 40.6. The van der Waals surface area contributed by atoms with Crippen LogP contribution in [-0.4, -0.2) is 39.6 Å². The third-order valence-corrected chi connectivity index (χ3v) is 7.40. The number of methoxy groups -OCH3 is 1. The number of nitrogens with one attached hydrogen (secondary N) is 1. The number of amides is 1. The smallest absolute Gasteiger partial charge is 0.337 e. The minimum atomic E-state index is -1.05. The first-order valence-electron chi connectivity index (χ1n) is 14.2. The molecule has 1 atom stereocenters. The number of benzene rings is 3. The monoisotopic (exact) mass is 637 g/mol. The van der Waals surface area contributed by atoms with E-state index in [0.29, 0.717) is 57.2 Å². The van der Waals surface area contributed by atoms with Crippen molar-refractivity contribution in [1.82, 2.24) is 14.9 Å². The maximum atomic E-state index is 12.9. The summed E-state index contributed by atoms with van der Waals surface area (Å²) in [5.41, 5.74) is 2.68. The second-order valence-corrected chi connectivity index (χ2v) is 11.0. The van der Waals surface area contributed by atoms with Gasteiger partial charge >= 0.3 is 11.9 Å². The number of aliphatic carboxylic acids is 1. The highest BCUT2D eigenvalue weighted by atomic mass is 35.5. The summed E-state index contributed by atoms with van der Waals surface area (Å²) in [6.45, 7) is 2.77. The predicted molar refractivity (Wildman–Crippen MR) is 168 cm³/mol. The highest BCUT2D eigenvalue weighted by Gasteiger charge is 2.23. The minimum absolute atomic E-state index is 0.154. The molecule has 230 valence electrons. The van der Waals surface area contributed by atoms with Gasteiger partial charge in [-0.15, -0.1) is 0 Å². The van der Waals surface area contributed by atoms with E-state index >= 15 is 0 Å². The molecule has 0 saturated heterocycles. The molecule has 4 rings (SSSR count). The molecular weight excluding hydrogens is 605 g/mol. The number of carboxylic acid groups (broad SMARTS) is 1. The van der Waals surface area contributed by atoms with Crippen LogP contribution in [-0.2, 0) is 27.3 Å². The Morgan fingerprint density at radius 1 is 0.977 bits per heavy atom. The summed E-state index contributed by atoms with van der Waals surface area (Å²) in [6.07, 6.45) is 3.73. The number of esters is 1. The van der Waals surface area contributed by atoms with E-state index in [1.54, 1.807) is 36.4 Å². The summed E-state index contributed by atoms with van der Waals surface area (Å²) in [6, 6.07) is 18.7. The zero-order valence-corrected chi connectivity index (χ0v) is 25.9. The Hall–Kier alpha value is -4.34. The van der Waals surface area contributed by atoms with Crippen molar-refractivity contribution >= 4 is 41.0 Å². The molecule has 11 heteroatoms. The Kier molecular flexibility index (Phi) is 11.4. The van der Waals surface area contributed by atoms with E-state index in [-0.39, 0.29) is 18.7 Å². The first kappa shape index (κ1) is 32.6. The van der Waals surface area contributed by atoms with Gasteiger partial charge in [-0.05, 0) is 73.0 Å². The lowest BCUT2D eigenvalue weighted by molar-refractivity contribution is -0.138. The van der Waals surface area contributed by atoms with E-state index in [1.807, 2.05) is 41.1 Å². The summed E-state index contributed by atoms with van der Waals surface area (Å²) in [7, 11) is 1.33. The lowest BCUT2D eigenvalue weighted by atomic mass is 10.0. The van der Waals surface area contributed by atoms with Gasteiger partial charge in [-0.25, -0.2) is 9.78 Å². The molecule has 0 spiro atoms. The fourth-order valence-corrected chi connectivity index (χ4v) is 5.08. The number of halogens is 2. The van der Waals surface area contributed by atoms with Crippen LogP contribution in [0.25, 0.3) is 11.3 Å². The molecule has 0 unspecified atom stereocenters. The number of carboxylic acids is 1. The van der Waals surface area contributed by atoms with Gasteiger partial charge in [0, 0.05) is 29.7 Å². The Labute approximate surface area is 265 Å². The van der Waals surface area contributed by atoms with Crippen molar-refractivity contribution in [3.63, 3.8) is 0 Å². The fraction of sp³-hybridized carbons (Fsp3) is 0.273. The lowest BCUT2D eigenvalue weighted by Gasteiger charge is -2.20. The van der Waals surface area contributed by atoms with Crippen molar-refractivity contribution in [2.75, 3.05) is 7.11 Å². The third kappa shape index (κ3) is 8.84. The normalized spacial score (nSPS) is 11.5. The van der Waals surface area contributed by atoms with Gasteiger partial charge in [-0.1, -0.05) is 48.7 Å². The Bertz CT molecular complexity index is 1600. The number of carbonyl (C=O) groups is 3. The van der Waals surface area contributed by atoms with Crippen molar-refractivity contribution in [1.29, 1.82) is 0 Å². The first-order valence-corrected chi connectivity index (χ1v) is 14.9. The number of aromatic nitrogens is 2. The number of aryl methyl sites for hydroxylation is 1. The molecule has 0 fully saturated rings. The van der Waals surface area contributed by atoms with Gasteiger partial charge in [0.1, 0.15) is 17.3 Å². The van der Waals surface area contributed by atoms with Crippen molar-refractivity contribution < 1.29 is 29.0 Å². The molecule has 0 aliphatic rings. The van der Waals surface area contributed by atoms with Crippen molar-refractivity contribution in [3.05, 3.63) is 99.9 Å². The molecule has 0 bridgehead atoms. The molecule has 1 amide bonds. The molecule has 0 radical (unpaired) electrons. The van der Waals surface area contributed by atoms with E-state index in [2.05, 4.69) is 12.2 Å². The Morgan fingerprint density at radius 3 is 2.27 bits per heavy atom. The van der Waals surface area contributed by atoms with Crippen molar-refractivity contribution in [2.24, 2.45) is 0 Å². The largest absolute Gasteiger partial charge is 0.481 e. The zero-order chi connectivity index (χ0) is 31.6. The van der Waals surface area contributed by atoms with E-state index in [4.69, 9.17) is 42.8 Å². The van der Waals surface area contributed by atoms with Gasteiger partial charge < -0.3 is 24.5 Å². The summed E-state index contributed by atoms with van der Waals surface area (Å²) in [5, 5.41) is 13.1. The Morgan fingerprint density at radius 2 is 1.66 bits per heavy atom. The molecule has 0 aliphatic heterocycles. The van der Waals surface area contributed by atoms with Gasteiger partial charge in [-0.3, -0.25) is 9.59 Å². The number of unbranched alkanes of at least 4 members (excludes halogenated alkanes) is 1. The molecule has 2 N–H and O–H groups in total. The van der Waals surface area contributed by atoms with Crippen LogP contribution in [0.2, 0.25) is 10.0 Å². The van der Waals surface area contributed by atoms with Crippen LogP contribution in [0.15, 0.2) is 72.9 Å². The average Bonchev–Trinajstić information content (AvgIpc) is 3.43. The molecule has 9 nitrogen and oxygen atoms in total. The Balaban J connectivity index is 1.60. The third-order valence-electron chi connectivity index (χ3n) is 6.85. The molecular formula is C33H33Cl2N3O6. The minimum Gasteiger partial charge on any atom is -0.481 e. The van der Waals surface area contributed by atoms with Crippen LogP contribution in [0.3, 0.4) is 0 Å². The predicted octanol–water partition coefficient (Wildman–Crippen LogP) is 7.50. The molecule has 3 aromatic carbocycles. The number of ether oxygens (including phenoxy) is 2. The standard InChI is InChI=1S/C33H33Cl2N3O6/c1-3-4-17-38-20-29(26-14-9-23(34)19-27(26)35)37-32(38)28(36-30(39)15-16-31(40)41)18-21-5-10-24(11-6-21)44-25-12-7-22(8-13-25)33(42)43-2/h5-14,19-20,28H,3-4,15-18H2,1-2H3,(H,36,39)(H,40,41)/t28-/m0/s1. The quantitative estimate of drug-likeness (QED) is 0.137. The second kappa shape index (κ2) is 15.4. The van der Waals surface area contributed by atoms with E-state index < -0.39 is 18.0 Å². The van der Waals surface area contributed by atoms with Crippen LogP contribution in [0.4, 0.5) is 0 Å². The number of carbonyl (C=O) groups excluding carboxylic acids is 2. The number of hydrogen-bond acceptors (Lipinski definition) is 6. The van der Waals surface area contributed by atoms with Gasteiger partial charge in [-0.2, -0.15) is 0 Å². The lowest BCUT2D eigenvalue weighted by Crippen LogP contribution is -2.32. The van der Waals surface area contributed by atoms with Gasteiger partial charge in [0.15, 0.2) is 0 Å². The first-order chi connectivity index (χ1) is 21.2. The van der Waals surface area contributed by atoms with Gasteiger partial charge in [0.05, 0.1) is 35.9 Å². The number of imidazole rings is 1. The van der Waals surface area contributed by atoms with Crippen molar-refractivity contribution in [3.8, 4) is 22.8 Å². The average molecular weight is 639 g/mol. The SMILES string of the molecule is CCCCn1cc(-c2ccc(Cl)cc2Cl)nc1[C@H](Cc1ccc(Oc2ccc(C(=O)OC)cc2)cc1)NC(=O)CCC(=O)O. The van der Waals surface area contributed by atoms with E-state index in [1.165, 1.54) is 7.11 Å².